The smallest absolute Gasteiger partial charge is 0.123 e. The van der Waals surface area contributed by atoms with Gasteiger partial charge in [0.2, 0.25) is 0 Å². The Morgan fingerprint density at radius 3 is 2.55 bits per heavy atom. The summed E-state index contributed by atoms with van der Waals surface area (Å²) in [7, 11) is 1.95. The molecule has 1 nitrogen and oxygen atoms in total. The van der Waals surface area contributed by atoms with Crippen LogP contribution in [0.5, 0.6) is 0 Å². The third kappa shape index (κ3) is 4.46. The predicted molar refractivity (Wildman–Crippen MR) is 82.4 cm³/mol. The molecule has 0 bridgehead atoms. The zero-order valence-corrected chi connectivity index (χ0v) is 12.0. The Balaban J connectivity index is 1.92. The lowest BCUT2D eigenvalue weighted by Gasteiger charge is -2.17. The van der Waals surface area contributed by atoms with Crippen LogP contribution in [0.3, 0.4) is 0 Å². The van der Waals surface area contributed by atoms with E-state index in [9.17, 15) is 4.39 Å². The van der Waals surface area contributed by atoms with Crippen molar-refractivity contribution < 1.29 is 4.39 Å². The number of likely N-dealkylation sites (N-methyl/N-ethyl adjacent to an activating group) is 1. The molecule has 20 heavy (non-hydrogen) atoms. The summed E-state index contributed by atoms with van der Waals surface area (Å²) in [4.78, 5) is 0. The Labute approximate surface area is 120 Å². The average Bonchev–Trinajstić information content (AvgIpc) is 2.47. The van der Waals surface area contributed by atoms with Crippen LogP contribution in [0.1, 0.15) is 29.9 Å². The molecule has 0 radical (unpaired) electrons. The van der Waals surface area contributed by atoms with E-state index in [0.29, 0.717) is 5.92 Å². The van der Waals surface area contributed by atoms with Gasteiger partial charge < -0.3 is 5.32 Å². The fourth-order valence-electron chi connectivity index (χ4n) is 2.59. The van der Waals surface area contributed by atoms with Gasteiger partial charge in [0.1, 0.15) is 5.82 Å². The van der Waals surface area contributed by atoms with Crippen LogP contribution in [0.25, 0.3) is 0 Å². The van der Waals surface area contributed by atoms with Gasteiger partial charge in [-0.15, -0.1) is 0 Å². The van der Waals surface area contributed by atoms with Gasteiger partial charge in [-0.25, -0.2) is 4.39 Å². The molecule has 106 valence electrons. The Morgan fingerprint density at radius 2 is 1.85 bits per heavy atom. The monoisotopic (exact) mass is 271 g/mol. The third-order valence-electron chi connectivity index (χ3n) is 3.63. The first-order chi connectivity index (χ1) is 9.79. The standard InChI is InChI=1S/C18H22FN/c1-20-14-17(16-10-6-12-18(19)13-16)11-5-9-15-7-3-2-4-8-15/h2-4,6-8,10,12-13,17,20H,5,9,11,14H2,1H3. The van der Waals surface area contributed by atoms with Gasteiger partial charge in [0.05, 0.1) is 0 Å². The highest BCUT2D eigenvalue weighted by molar-refractivity contribution is 5.21. The van der Waals surface area contributed by atoms with Crippen LogP contribution >= 0.6 is 0 Å². The van der Waals surface area contributed by atoms with E-state index in [-0.39, 0.29) is 5.82 Å². The molecule has 1 N–H and O–H groups in total. The summed E-state index contributed by atoms with van der Waals surface area (Å²) in [6.07, 6.45) is 3.27. The Hall–Kier alpha value is -1.67. The molecule has 0 aliphatic carbocycles. The molecule has 0 spiro atoms. The topological polar surface area (TPSA) is 12.0 Å². The summed E-state index contributed by atoms with van der Waals surface area (Å²) in [6.45, 7) is 0.887. The van der Waals surface area contributed by atoms with Gasteiger partial charge in [-0.2, -0.15) is 0 Å². The summed E-state index contributed by atoms with van der Waals surface area (Å²) in [6, 6.07) is 17.5. The van der Waals surface area contributed by atoms with Crippen LogP contribution in [-0.4, -0.2) is 13.6 Å². The van der Waals surface area contributed by atoms with Crippen LogP contribution in [0, 0.1) is 5.82 Å². The fourth-order valence-corrected chi connectivity index (χ4v) is 2.59. The first-order valence-corrected chi connectivity index (χ1v) is 7.23. The Morgan fingerprint density at radius 1 is 1.05 bits per heavy atom. The maximum atomic E-state index is 13.3. The third-order valence-corrected chi connectivity index (χ3v) is 3.63. The van der Waals surface area contributed by atoms with E-state index in [1.807, 2.05) is 19.2 Å². The lowest BCUT2D eigenvalue weighted by atomic mass is 9.92. The van der Waals surface area contributed by atoms with Crippen molar-refractivity contribution in [2.24, 2.45) is 0 Å². The van der Waals surface area contributed by atoms with E-state index >= 15 is 0 Å². The van der Waals surface area contributed by atoms with Gasteiger partial charge in [0, 0.05) is 6.54 Å². The molecule has 0 fully saturated rings. The number of hydrogen-bond acceptors (Lipinski definition) is 1. The molecular weight excluding hydrogens is 249 g/mol. The van der Waals surface area contributed by atoms with Gasteiger partial charge in [-0.1, -0.05) is 42.5 Å². The fraction of sp³-hybridized carbons (Fsp3) is 0.333. The minimum Gasteiger partial charge on any atom is -0.319 e. The maximum absolute atomic E-state index is 13.3. The zero-order chi connectivity index (χ0) is 14.2. The first-order valence-electron chi connectivity index (χ1n) is 7.23. The van der Waals surface area contributed by atoms with Crippen molar-refractivity contribution in [2.75, 3.05) is 13.6 Å². The van der Waals surface area contributed by atoms with Crippen LogP contribution in [-0.2, 0) is 6.42 Å². The van der Waals surface area contributed by atoms with Crippen LogP contribution in [0.15, 0.2) is 54.6 Å². The molecule has 1 atom stereocenters. The number of halogens is 1. The van der Waals surface area contributed by atoms with Gasteiger partial charge in [0.15, 0.2) is 0 Å². The molecule has 2 heteroatoms. The molecule has 0 saturated heterocycles. The van der Waals surface area contributed by atoms with E-state index in [1.165, 1.54) is 11.6 Å². The summed E-state index contributed by atoms with van der Waals surface area (Å²) in [5, 5.41) is 3.21. The molecule has 0 saturated carbocycles. The van der Waals surface area contributed by atoms with Crippen molar-refractivity contribution in [3.8, 4) is 0 Å². The van der Waals surface area contributed by atoms with Crippen molar-refractivity contribution in [2.45, 2.75) is 25.2 Å². The zero-order valence-electron chi connectivity index (χ0n) is 12.0. The number of nitrogens with one attached hydrogen (secondary N) is 1. The van der Waals surface area contributed by atoms with Gasteiger partial charge >= 0.3 is 0 Å². The lowest BCUT2D eigenvalue weighted by Crippen LogP contribution is -2.17. The van der Waals surface area contributed by atoms with Gasteiger partial charge in [0.25, 0.3) is 0 Å². The van der Waals surface area contributed by atoms with Crippen molar-refractivity contribution in [1.29, 1.82) is 0 Å². The van der Waals surface area contributed by atoms with Crippen molar-refractivity contribution in [1.82, 2.24) is 5.32 Å². The van der Waals surface area contributed by atoms with Crippen molar-refractivity contribution >= 4 is 0 Å². The van der Waals surface area contributed by atoms with E-state index in [2.05, 4.69) is 29.6 Å². The SMILES string of the molecule is CNCC(CCCc1ccccc1)c1cccc(F)c1. The number of benzene rings is 2. The second kappa shape index (κ2) is 7.81. The van der Waals surface area contributed by atoms with Crippen LogP contribution < -0.4 is 5.32 Å². The minimum atomic E-state index is -0.147. The minimum absolute atomic E-state index is 0.147. The van der Waals surface area contributed by atoms with Gasteiger partial charge in [-0.05, 0) is 55.5 Å². The number of hydrogen-bond donors (Lipinski definition) is 1. The van der Waals surface area contributed by atoms with E-state index in [4.69, 9.17) is 0 Å². The number of rotatable bonds is 7. The molecule has 2 aromatic carbocycles. The van der Waals surface area contributed by atoms with E-state index in [0.717, 1.165) is 31.4 Å². The highest BCUT2D eigenvalue weighted by Crippen LogP contribution is 2.22. The van der Waals surface area contributed by atoms with E-state index < -0.39 is 0 Å². The van der Waals surface area contributed by atoms with Crippen molar-refractivity contribution in [3.05, 3.63) is 71.5 Å². The summed E-state index contributed by atoms with van der Waals surface area (Å²) in [5.41, 5.74) is 2.46. The van der Waals surface area contributed by atoms with Crippen LogP contribution in [0.2, 0.25) is 0 Å². The molecular formula is C18H22FN. The molecule has 2 aromatic rings. The van der Waals surface area contributed by atoms with Crippen LogP contribution in [0.4, 0.5) is 4.39 Å². The molecule has 2 rings (SSSR count). The largest absolute Gasteiger partial charge is 0.319 e. The Bertz CT molecular complexity index is 510. The first kappa shape index (κ1) is 14.7. The Kier molecular flexibility index (Phi) is 5.75. The molecule has 0 heterocycles. The molecule has 0 aliphatic heterocycles. The maximum Gasteiger partial charge on any atom is 0.123 e. The van der Waals surface area contributed by atoms with Gasteiger partial charge in [-0.3, -0.25) is 0 Å². The highest BCUT2D eigenvalue weighted by Gasteiger charge is 2.11. The normalized spacial score (nSPS) is 12.3. The number of aryl methyl sites for hydroxylation is 1. The second-order valence-electron chi connectivity index (χ2n) is 5.19. The second-order valence-corrected chi connectivity index (χ2v) is 5.19. The van der Waals surface area contributed by atoms with Crippen molar-refractivity contribution in [3.63, 3.8) is 0 Å². The molecule has 0 aromatic heterocycles. The molecule has 0 amide bonds. The molecule has 1 unspecified atom stereocenters. The summed E-state index contributed by atoms with van der Waals surface area (Å²) >= 11 is 0. The average molecular weight is 271 g/mol. The summed E-state index contributed by atoms with van der Waals surface area (Å²) in [5.74, 6) is 0.228. The lowest BCUT2D eigenvalue weighted by molar-refractivity contribution is 0.553. The quantitative estimate of drug-likeness (QED) is 0.797. The molecule has 0 aliphatic rings. The predicted octanol–water partition coefficient (Wildman–Crippen LogP) is 4.15. The summed E-state index contributed by atoms with van der Waals surface area (Å²) < 4.78 is 13.3. The highest BCUT2D eigenvalue weighted by atomic mass is 19.1. The van der Waals surface area contributed by atoms with E-state index in [1.54, 1.807) is 12.1 Å².